The van der Waals surface area contributed by atoms with E-state index in [2.05, 4.69) is 65.3 Å². The minimum absolute atomic E-state index is 0.378. The molecule has 0 aliphatic carbocycles. The van der Waals surface area contributed by atoms with Crippen LogP contribution in [0.5, 0.6) is 0 Å². The molecule has 1 aromatic heterocycles. The van der Waals surface area contributed by atoms with E-state index in [0.717, 1.165) is 19.7 Å². The van der Waals surface area contributed by atoms with Crippen molar-refractivity contribution in [1.29, 1.82) is 0 Å². The monoisotopic (exact) mass is 282 g/mol. The van der Waals surface area contributed by atoms with Gasteiger partial charge in [0, 0.05) is 48.0 Å². The molecule has 1 atom stereocenters. The van der Waals surface area contributed by atoms with E-state index < -0.39 is 0 Å². The first-order valence-electron chi connectivity index (χ1n) is 7.49. The molecule has 0 aliphatic heterocycles. The number of benzene rings is 2. The van der Waals surface area contributed by atoms with Gasteiger partial charge in [-0.3, -0.25) is 0 Å². The van der Waals surface area contributed by atoms with Crippen LogP contribution in [0.4, 0.5) is 0 Å². The Bertz CT molecular complexity index is 679. The SMILES string of the molecule is COCC(C)NCCn1c2ccccc2c2ccccc21. The summed E-state index contributed by atoms with van der Waals surface area (Å²) in [6, 6.07) is 17.6. The van der Waals surface area contributed by atoms with Gasteiger partial charge in [0.05, 0.1) is 6.61 Å². The van der Waals surface area contributed by atoms with E-state index in [0.29, 0.717) is 6.04 Å². The zero-order valence-corrected chi connectivity index (χ0v) is 12.7. The number of hydrogen-bond acceptors (Lipinski definition) is 2. The van der Waals surface area contributed by atoms with E-state index in [9.17, 15) is 0 Å². The molecular formula is C18H22N2O. The maximum absolute atomic E-state index is 5.16. The molecule has 0 fully saturated rings. The van der Waals surface area contributed by atoms with Gasteiger partial charge < -0.3 is 14.6 Å². The van der Waals surface area contributed by atoms with E-state index >= 15 is 0 Å². The highest BCUT2D eigenvalue weighted by Gasteiger charge is 2.09. The fraction of sp³-hybridized carbons (Fsp3) is 0.333. The molecule has 1 N–H and O–H groups in total. The molecule has 0 amide bonds. The normalized spacial score (nSPS) is 13.0. The zero-order valence-electron chi connectivity index (χ0n) is 12.7. The van der Waals surface area contributed by atoms with E-state index in [4.69, 9.17) is 4.74 Å². The van der Waals surface area contributed by atoms with Crippen molar-refractivity contribution < 1.29 is 4.74 Å². The van der Waals surface area contributed by atoms with Crippen molar-refractivity contribution in [3.05, 3.63) is 48.5 Å². The molecule has 110 valence electrons. The largest absolute Gasteiger partial charge is 0.383 e. The Labute approximate surface area is 125 Å². The fourth-order valence-corrected chi connectivity index (χ4v) is 2.98. The van der Waals surface area contributed by atoms with Gasteiger partial charge in [0.15, 0.2) is 0 Å². The summed E-state index contributed by atoms with van der Waals surface area (Å²) >= 11 is 0. The lowest BCUT2D eigenvalue weighted by Crippen LogP contribution is -2.32. The number of nitrogens with zero attached hydrogens (tertiary/aromatic N) is 1. The number of nitrogens with one attached hydrogen (secondary N) is 1. The first-order valence-corrected chi connectivity index (χ1v) is 7.49. The predicted octanol–water partition coefficient (Wildman–Crippen LogP) is 3.42. The Morgan fingerprint density at radius 1 is 1.00 bits per heavy atom. The smallest absolute Gasteiger partial charge is 0.0613 e. The van der Waals surface area contributed by atoms with Gasteiger partial charge in [0.1, 0.15) is 0 Å². The molecule has 1 unspecified atom stereocenters. The Kier molecular flexibility index (Phi) is 4.23. The molecule has 3 rings (SSSR count). The average molecular weight is 282 g/mol. The summed E-state index contributed by atoms with van der Waals surface area (Å²) in [7, 11) is 1.74. The minimum Gasteiger partial charge on any atom is -0.383 e. The Balaban J connectivity index is 1.89. The third-order valence-corrected chi connectivity index (χ3v) is 3.92. The zero-order chi connectivity index (χ0) is 14.7. The number of para-hydroxylation sites is 2. The Morgan fingerprint density at radius 2 is 1.57 bits per heavy atom. The lowest BCUT2D eigenvalue weighted by molar-refractivity contribution is 0.172. The molecule has 0 spiro atoms. The molecule has 0 saturated carbocycles. The highest BCUT2D eigenvalue weighted by Crippen LogP contribution is 2.28. The van der Waals surface area contributed by atoms with Crippen LogP contribution in [-0.2, 0) is 11.3 Å². The highest BCUT2D eigenvalue weighted by molar-refractivity contribution is 6.07. The summed E-state index contributed by atoms with van der Waals surface area (Å²) in [6.45, 7) is 4.79. The van der Waals surface area contributed by atoms with Crippen molar-refractivity contribution in [2.24, 2.45) is 0 Å². The number of rotatable bonds is 6. The molecule has 3 nitrogen and oxygen atoms in total. The van der Waals surface area contributed by atoms with Gasteiger partial charge in [-0.25, -0.2) is 0 Å². The summed E-state index contributed by atoms with van der Waals surface area (Å²) in [6.07, 6.45) is 0. The first-order chi connectivity index (χ1) is 10.3. The number of aromatic nitrogens is 1. The minimum atomic E-state index is 0.378. The van der Waals surface area contributed by atoms with Crippen molar-refractivity contribution in [3.63, 3.8) is 0 Å². The van der Waals surface area contributed by atoms with Crippen LogP contribution in [0.3, 0.4) is 0 Å². The lowest BCUT2D eigenvalue weighted by Gasteiger charge is -2.14. The van der Waals surface area contributed by atoms with Crippen LogP contribution < -0.4 is 5.32 Å². The van der Waals surface area contributed by atoms with Gasteiger partial charge in [-0.1, -0.05) is 36.4 Å². The third-order valence-electron chi connectivity index (χ3n) is 3.92. The third kappa shape index (κ3) is 2.80. The van der Waals surface area contributed by atoms with Gasteiger partial charge in [-0.2, -0.15) is 0 Å². The second-order valence-electron chi connectivity index (χ2n) is 5.50. The second-order valence-corrected chi connectivity index (χ2v) is 5.50. The van der Waals surface area contributed by atoms with Crippen LogP contribution in [0.2, 0.25) is 0 Å². The van der Waals surface area contributed by atoms with E-state index in [1.165, 1.54) is 21.8 Å². The molecular weight excluding hydrogens is 260 g/mol. The summed E-state index contributed by atoms with van der Waals surface area (Å²) in [4.78, 5) is 0. The van der Waals surface area contributed by atoms with Crippen LogP contribution in [0.25, 0.3) is 21.8 Å². The molecule has 1 heterocycles. The number of ether oxygens (including phenoxy) is 1. The molecule has 0 bridgehead atoms. The topological polar surface area (TPSA) is 26.2 Å². The van der Waals surface area contributed by atoms with Crippen molar-refractivity contribution >= 4 is 21.8 Å². The van der Waals surface area contributed by atoms with Crippen molar-refractivity contribution in [1.82, 2.24) is 9.88 Å². The van der Waals surface area contributed by atoms with Gasteiger partial charge in [-0.05, 0) is 19.1 Å². The fourth-order valence-electron chi connectivity index (χ4n) is 2.98. The van der Waals surface area contributed by atoms with Crippen LogP contribution >= 0.6 is 0 Å². The quantitative estimate of drug-likeness (QED) is 0.750. The molecule has 0 aliphatic rings. The number of hydrogen-bond donors (Lipinski definition) is 1. The molecule has 21 heavy (non-hydrogen) atoms. The summed E-state index contributed by atoms with van der Waals surface area (Å²) in [5, 5.41) is 6.17. The molecule has 3 aromatic rings. The van der Waals surface area contributed by atoms with E-state index in [1.807, 2.05) is 0 Å². The summed E-state index contributed by atoms with van der Waals surface area (Å²) < 4.78 is 7.56. The number of fused-ring (bicyclic) bond motifs is 3. The maximum Gasteiger partial charge on any atom is 0.0613 e. The van der Waals surface area contributed by atoms with Gasteiger partial charge in [0.2, 0.25) is 0 Å². The van der Waals surface area contributed by atoms with Crippen molar-refractivity contribution in [3.8, 4) is 0 Å². The number of methoxy groups -OCH3 is 1. The van der Waals surface area contributed by atoms with Crippen LogP contribution in [0, 0.1) is 0 Å². The lowest BCUT2D eigenvalue weighted by atomic mass is 10.2. The molecule has 2 aromatic carbocycles. The Morgan fingerprint density at radius 3 is 2.14 bits per heavy atom. The van der Waals surface area contributed by atoms with E-state index in [-0.39, 0.29) is 0 Å². The molecule has 0 radical (unpaired) electrons. The standard InChI is InChI=1S/C18H22N2O/c1-14(13-21-2)19-11-12-20-17-9-5-3-7-15(17)16-8-4-6-10-18(16)20/h3-10,14,19H,11-13H2,1-2H3. The van der Waals surface area contributed by atoms with E-state index in [1.54, 1.807) is 7.11 Å². The van der Waals surface area contributed by atoms with Crippen molar-refractivity contribution in [2.45, 2.75) is 19.5 Å². The first kappa shape index (κ1) is 14.1. The summed E-state index contributed by atoms with van der Waals surface area (Å²) in [5.74, 6) is 0. The van der Waals surface area contributed by atoms with Crippen LogP contribution in [-0.4, -0.2) is 30.9 Å². The maximum atomic E-state index is 5.16. The summed E-state index contributed by atoms with van der Waals surface area (Å²) in [5.41, 5.74) is 2.61. The van der Waals surface area contributed by atoms with Crippen LogP contribution in [0.1, 0.15) is 6.92 Å². The average Bonchev–Trinajstić information content (AvgIpc) is 2.83. The molecule has 3 heteroatoms. The van der Waals surface area contributed by atoms with Gasteiger partial charge >= 0.3 is 0 Å². The van der Waals surface area contributed by atoms with Gasteiger partial charge in [-0.15, -0.1) is 0 Å². The van der Waals surface area contributed by atoms with Crippen molar-refractivity contribution in [2.75, 3.05) is 20.3 Å². The highest BCUT2D eigenvalue weighted by atomic mass is 16.5. The Hall–Kier alpha value is -1.84. The van der Waals surface area contributed by atoms with Crippen LogP contribution in [0.15, 0.2) is 48.5 Å². The second kappa shape index (κ2) is 6.29. The predicted molar refractivity (Wildman–Crippen MR) is 88.8 cm³/mol. The van der Waals surface area contributed by atoms with Gasteiger partial charge in [0.25, 0.3) is 0 Å². The molecule has 0 saturated heterocycles.